The Morgan fingerprint density at radius 2 is 1.80 bits per heavy atom. The second-order valence-corrected chi connectivity index (χ2v) is 5.15. The third-order valence-electron chi connectivity index (χ3n) is 2.34. The number of rotatable bonds is 7. The van der Waals surface area contributed by atoms with Crippen LogP contribution in [0.25, 0.3) is 0 Å². The zero-order valence-electron chi connectivity index (χ0n) is 11.6. The van der Waals surface area contributed by atoms with Gasteiger partial charge in [-0.05, 0) is 30.2 Å². The number of amides is 2. The van der Waals surface area contributed by atoms with E-state index in [0.717, 1.165) is 0 Å². The maximum Gasteiger partial charge on any atom is 0.258 e. The van der Waals surface area contributed by atoms with Crippen molar-refractivity contribution in [3.05, 3.63) is 29.3 Å². The van der Waals surface area contributed by atoms with Crippen molar-refractivity contribution < 1.29 is 14.3 Å². The number of carbonyl (C=O) groups excluding carboxylic acids is 2. The first-order chi connectivity index (χ1) is 9.47. The zero-order valence-corrected chi connectivity index (χ0v) is 12.4. The van der Waals surface area contributed by atoms with Crippen LogP contribution >= 0.6 is 11.6 Å². The molecule has 0 unspecified atom stereocenters. The van der Waals surface area contributed by atoms with Crippen LogP contribution in [0.15, 0.2) is 24.3 Å². The van der Waals surface area contributed by atoms with Crippen LogP contribution in [-0.4, -0.2) is 31.5 Å². The Hall–Kier alpha value is -1.75. The van der Waals surface area contributed by atoms with E-state index >= 15 is 0 Å². The van der Waals surface area contributed by atoms with E-state index in [1.807, 2.05) is 13.8 Å². The monoisotopic (exact) mass is 298 g/mol. The molecular formula is C14H19ClN2O3. The summed E-state index contributed by atoms with van der Waals surface area (Å²) in [7, 11) is 0. The zero-order chi connectivity index (χ0) is 15.0. The van der Waals surface area contributed by atoms with E-state index in [1.165, 1.54) is 0 Å². The van der Waals surface area contributed by atoms with E-state index in [0.29, 0.717) is 23.2 Å². The first kappa shape index (κ1) is 16.3. The van der Waals surface area contributed by atoms with Crippen LogP contribution in [-0.2, 0) is 9.59 Å². The van der Waals surface area contributed by atoms with Crippen LogP contribution in [0.3, 0.4) is 0 Å². The van der Waals surface area contributed by atoms with Crippen LogP contribution < -0.4 is 15.4 Å². The van der Waals surface area contributed by atoms with Gasteiger partial charge in [-0.3, -0.25) is 9.59 Å². The lowest BCUT2D eigenvalue weighted by molar-refractivity contribution is -0.127. The SMILES string of the molecule is CC(C)CNC(=O)CNC(=O)COc1ccc(Cl)cc1. The maximum absolute atomic E-state index is 11.5. The number of carbonyl (C=O) groups is 2. The molecule has 1 rings (SSSR count). The second kappa shape index (κ2) is 8.43. The molecule has 0 aliphatic heterocycles. The predicted molar refractivity (Wildman–Crippen MR) is 77.8 cm³/mol. The molecule has 0 aromatic heterocycles. The Morgan fingerprint density at radius 1 is 1.15 bits per heavy atom. The molecule has 20 heavy (non-hydrogen) atoms. The molecule has 5 nitrogen and oxygen atoms in total. The summed E-state index contributed by atoms with van der Waals surface area (Å²) in [6.45, 7) is 4.40. The van der Waals surface area contributed by atoms with Crippen LogP contribution in [0.1, 0.15) is 13.8 Å². The minimum atomic E-state index is -0.348. The fraction of sp³-hybridized carbons (Fsp3) is 0.429. The molecule has 0 aliphatic rings. The lowest BCUT2D eigenvalue weighted by Crippen LogP contribution is -2.39. The van der Waals surface area contributed by atoms with Gasteiger partial charge in [0.1, 0.15) is 5.75 Å². The molecular weight excluding hydrogens is 280 g/mol. The van der Waals surface area contributed by atoms with E-state index < -0.39 is 0 Å². The summed E-state index contributed by atoms with van der Waals surface area (Å²) in [5.74, 6) is 0.370. The molecule has 0 atom stereocenters. The lowest BCUT2D eigenvalue weighted by Gasteiger charge is -2.09. The topological polar surface area (TPSA) is 67.4 Å². The molecule has 0 aliphatic carbocycles. The van der Waals surface area contributed by atoms with Gasteiger partial charge in [-0.25, -0.2) is 0 Å². The minimum absolute atomic E-state index is 0.0461. The highest BCUT2D eigenvalue weighted by Gasteiger charge is 2.06. The van der Waals surface area contributed by atoms with Gasteiger partial charge < -0.3 is 15.4 Å². The van der Waals surface area contributed by atoms with Crippen molar-refractivity contribution in [2.24, 2.45) is 5.92 Å². The van der Waals surface area contributed by atoms with E-state index in [9.17, 15) is 9.59 Å². The molecule has 0 radical (unpaired) electrons. The average molecular weight is 299 g/mol. The van der Waals surface area contributed by atoms with Crippen molar-refractivity contribution in [2.45, 2.75) is 13.8 Å². The number of hydrogen-bond acceptors (Lipinski definition) is 3. The fourth-order valence-corrected chi connectivity index (χ4v) is 1.42. The lowest BCUT2D eigenvalue weighted by atomic mass is 10.2. The van der Waals surface area contributed by atoms with E-state index in [4.69, 9.17) is 16.3 Å². The van der Waals surface area contributed by atoms with Gasteiger partial charge in [0, 0.05) is 11.6 Å². The molecule has 110 valence electrons. The molecule has 0 bridgehead atoms. The van der Waals surface area contributed by atoms with Crippen LogP contribution in [0, 0.1) is 5.92 Å². The van der Waals surface area contributed by atoms with E-state index in [1.54, 1.807) is 24.3 Å². The molecule has 0 fully saturated rings. The van der Waals surface area contributed by atoms with Gasteiger partial charge in [0.15, 0.2) is 6.61 Å². The predicted octanol–water partition coefficient (Wildman–Crippen LogP) is 1.61. The minimum Gasteiger partial charge on any atom is -0.484 e. The Bertz CT molecular complexity index is 446. The smallest absolute Gasteiger partial charge is 0.258 e. The Labute approximate surface area is 123 Å². The van der Waals surface area contributed by atoms with Gasteiger partial charge in [-0.15, -0.1) is 0 Å². The van der Waals surface area contributed by atoms with E-state index in [2.05, 4.69) is 10.6 Å². The normalized spacial score (nSPS) is 10.2. The average Bonchev–Trinajstić information content (AvgIpc) is 2.42. The highest BCUT2D eigenvalue weighted by Crippen LogP contribution is 2.15. The summed E-state index contributed by atoms with van der Waals surface area (Å²) in [5, 5.41) is 5.79. The summed E-state index contributed by atoms with van der Waals surface area (Å²) < 4.78 is 5.25. The number of benzene rings is 1. The summed E-state index contributed by atoms with van der Waals surface area (Å²) in [4.78, 5) is 22.9. The molecule has 2 amide bonds. The Balaban J connectivity index is 2.20. The Morgan fingerprint density at radius 3 is 2.40 bits per heavy atom. The van der Waals surface area contributed by atoms with Gasteiger partial charge in [-0.2, -0.15) is 0 Å². The first-order valence-corrected chi connectivity index (χ1v) is 6.77. The van der Waals surface area contributed by atoms with Crippen molar-refractivity contribution in [3.8, 4) is 5.75 Å². The molecule has 1 aromatic rings. The maximum atomic E-state index is 11.5. The van der Waals surface area contributed by atoms with Crippen LogP contribution in [0.4, 0.5) is 0 Å². The van der Waals surface area contributed by atoms with Gasteiger partial charge in [0.25, 0.3) is 5.91 Å². The fourth-order valence-electron chi connectivity index (χ4n) is 1.29. The number of halogens is 1. The standard InChI is InChI=1S/C14H19ClN2O3/c1-10(2)7-16-13(18)8-17-14(19)9-20-12-5-3-11(15)4-6-12/h3-6,10H,7-9H2,1-2H3,(H,16,18)(H,17,19). The summed E-state index contributed by atoms with van der Waals surface area (Å²) in [6.07, 6.45) is 0. The van der Waals surface area contributed by atoms with Crippen molar-refractivity contribution in [3.63, 3.8) is 0 Å². The van der Waals surface area contributed by atoms with Crippen molar-refractivity contribution in [1.82, 2.24) is 10.6 Å². The summed E-state index contributed by atoms with van der Waals surface area (Å²) >= 11 is 5.73. The largest absolute Gasteiger partial charge is 0.484 e. The highest BCUT2D eigenvalue weighted by atomic mass is 35.5. The van der Waals surface area contributed by atoms with Gasteiger partial charge in [-0.1, -0.05) is 25.4 Å². The van der Waals surface area contributed by atoms with Gasteiger partial charge in [0.2, 0.25) is 5.91 Å². The van der Waals surface area contributed by atoms with Crippen LogP contribution in [0.5, 0.6) is 5.75 Å². The quantitative estimate of drug-likeness (QED) is 0.803. The molecule has 2 N–H and O–H groups in total. The molecule has 0 heterocycles. The summed E-state index contributed by atoms with van der Waals surface area (Å²) in [5.41, 5.74) is 0. The highest BCUT2D eigenvalue weighted by molar-refractivity contribution is 6.30. The van der Waals surface area contributed by atoms with Crippen molar-refractivity contribution >= 4 is 23.4 Å². The van der Waals surface area contributed by atoms with Crippen molar-refractivity contribution in [2.75, 3.05) is 19.7 Å². The van der Waals surface area contributed by atoms with E-state index in [-0.39, 0.29) is 25.0 Å². The third-order valence-corrected chi connectivity index (χ3v) is 2.59. The number of nitrogens with one attached hydrogen (secondary N) is 2. The third kappa shape index (κ3) is 6.99. The molecule has 0 saturated carbocycles. The number of ether oxygens (including phenoxy) is 1. The van der Waals surface area contributed by atoms with Gasteiger partial charge in [0.05, 0.1) is 6.54 Å². The molecule has 6 heteroatoms. The van der Waals surface area contributed by atoms with Gasteiger partial charge >= 0.3 is 0 Å². The molecule has 0 saturated heterocycles. The second-order valence-electron chi connectivity index (χ2n) is 4.72. The first-order valence-electron chi connectivity index (χ1n) is 6.39. The molecule has 1 aromatic carbocycles. The number of hydrogen-bond donors (Lipinski definition) is 2. The Kier molecular flexibility index (Phi) is 6.87. The van der Waals surface area contributed by atoms with Crippen molar-refractivity contribution in [1.29, 1.82) is 0 Å². The molecule has 0 spiro atoms. The van der Waals surface area contributed by atoms with Crippen LogP contribution in [0.2, 0.25) is 5.02 Å². The summed E-state index contributed by atoms with van der Waals surface area (Å²) in [6, 6.07) is 6.69.